The second kappa shape index (κ2) is 8.99. The Labute approximate surface area is 190 Å². The fourth-order valence-electron chi connectivity index (χ4n) is 3.03. The smallest absolute Gasteiger partial charge is 0.271 e. The van der Waals surface area contributed by atoms with Crippen molar-refractivity contribution < 1.29 is 17.9 Å². The van der Waals surface area contributed by atoms with Gasteiger partial charge in [-0.1, -0.05) is 30.3 Å². The van der Waals surface area contributed by atoms with Crippen molar-refractivity contribution in [3.05, 3.63) is 89.3 Å². The number of carbonyl (C=O) groups is 1. The number of carbonyl (C=O) groups excluding carboxylic acids is 1. The Kier molecular flexibility index (Phi) is 6.13. The third-order valence-corrected chi connectivity index (χ3v) is 6.52. The Bertz CT molecular complexity index is 1300. The molecule has 0 bridgehead atoms. The lowest BCUT2D eigenvalue weighted by Crippen LogP contribution is -2.28. The number of rotatable bonds is 5. The van der Waals surface area contributed by atoms with E-state index in [1.807, 2.05) is 54.6 Å². The van der Waals surface area contributed by atoms with Crippen LogP contribution in [0.15, 0.2) is 93.7 Å². The van der Waals surface area contributed by atoms with E-state index in [-0.39, 0.29) is 10.8 Å². The van der Waals surface area contributed by atoms with Crippen molar-refractivity contribution in [3.63, 3.8) is 0 Å². The van der Waals surface area contributed by atoms with E-state index in [2.05, 4.69) is 4.99 Å². The van der Waals surface area contributed by atoms with Crippen LogP contribution < -0.4 is 14.8 Å². The Morgan fingerprint density at radius 1 is 0.969 bits per heavy atom. The molecule has 162 valence electrons. The molecule has 1 heterocycles. The predicted octanol–water partition coefficient (Wildman–Crippen LogP) is 4.15. The highest BCUT2D eigenvalue weighted by molar-refractivity contribution is 8.19. The average Bonchev–Trinajstić information content (AvgIpc) is 3.09. The summed E-state index contributed by atoms with van der Waals surface area (Å²) < 4.78 is 28.2. The number of nitrogens with zero attached hydrogens (tertiary/aromatic N) is 2. The molecule has 7 nitrogen and oxygen atoms in total. The van der Waals surface area contributed by atoms with Crippen molar-refractivity contribution in [2.45, 2.75) is 4.90 Å². The maximum absolute atomic E-state index is 13.3. The highest BCUT2D eigenvalue weighted by atomic mass is 32.2. The molecule has 0 atom stereocenters. The summed E-state index contributed by atoms with van der Waals surface area (Å²) in [5.41, 5.74) is 2.04. The molecule has 2 N–H and O–H groups in total. The summed E-state index contributed by atoms with van der Waals surface area (Å²) >= 11 is 1.24. The number of anilines is 1. The lowest BCUT2D eigenvalue weighted by atomic mass is 10.2. The molecule has 4 rings (SSSR count). The lowest BCUT2D eigenvalue weighted by Gasteiger charge is -2.15. The molecule has 1 fully saturated rings. The summed E-state index contributed by atoms with van der Waals surface area (Å²) in [6, 6.07) is 22.5. The number of thioether (sulfide) groups is 1. The summed E-state index contributed by atoms with van der Waals surface area (Å²) in [7, 11) is -2.20. The maximum Gasteiger partial charge on any atom is 0.271 e. The standard InChI is InChI=1S/C23H19N3O4S2/c1-30-19-11-7-16(8-12-19)15-21-22(27)26(18-5-3-2-4-6-18)23(31-21)25-17-9-13-20(14-10-17)32(24,28)29/h2-15H,1H3,(H2,24,28,29)/b21-15?,25-23-. The Hall–Kier alpha value is -3.40. The molecule has 0 saturated carbocycles. The summed E-state index contributed by atoms with van der Waals surface area (Å²) in [6.07, 6.45) is 1.80. The molecule has 32 heavy (non-hydrogen) atoms. The zero-order chi connectivity index (χ0) is 22.7. The molecule has 1 amide bonds. The van der Waals surface area contributed by atoms with Gasteiger partial charge in [0, 0.05) is 0 Å². The molecule has 9 heteroatoms. The van der Waals surface area contributed by atoms with Crippen LogP contribution in [-0.4, -0.2) is 26.6 Å². The minimum absolute atomic E-state index is 0.00314. The van der Waals surface area contributed by atoms with Crippen LogP contribution in [0, 0.1) is 0 Å². The van der Waals surface area contributed by atoms with Crippen molar-refractivity contribution in [3.8, 4) is 5.75 Å². The number of sulfonamides is 1. The molecule has 0 spiro atoms. The molecule has 0 radical (unpaired) electrons. The van der Waals surface area contributed by atoms with E-state index >= 15 is 0 Å². The van der Waals surface area contributed by atoms with Crippen LogP contribution in [0.5, 0.6) is 5.75 Å². The second-order valence-electron chi connectivity index (χ2n) is 6.79. The van der Waals surface area contributed by atoms with Crippen LogP contribution in [0.2, 0.25) is 0 Å². The summed E-state index contributed by atoms with van der Waals surface area (Å²) in [5, 5.41) is 5.62. The van der Waals surface area contributed by atoms with E-state index in [0.29, 0.717) is 21.4 Å². The zero-order valence-electron chi connectivity index (χ0n) is 17.0. The number of amidine groups is 1. The normalized spacial score (nSPS) is 16.7. The van der Waals surface area contributed by atoms with E-state index in [9.17, 15) is 13.2 Å². The zero-order valence-corrected chi connectivity index (χ0v) is 18.6. The van der Waals surface area contributed by atoms with Crippen molar-refractivity contribution in [1.82, 2.24) is 0 Å². The van der Waals surface area contributed by atoms with E-state index in [1.165, 1.54) is 28.8 Å². The van der Waals surface area contributed by atoms with Crippen molar-refractivity contribution >= 4 is 50.3 Å². The van der Waals surface area contributed by atoms with E-state index in [0.717, 1.165) is 11.3 Å². The van der Waals surface area contributed by atoms with E-state index < -0.39 is 10.0 Å². The number of para-hydroxylation sites is 1. The molecule has 1 saturated heterocycles. The maximum atomic E-state index is 13.3. The number of methoxy groups -OCH3 is 1. The number of hydrogen-bond donors (Lipinski definition) is 1. The van der Waals surface area contributed by atoms with Gasteiger partial charge in [-0.05, 0) is 71.9 Å². The fraction of sp³-hybridized carbons (Fsp3) is 0.0435. The number of hydrogen-bond acceptors (Lipinski definition) is 6. The third kappa shape index (κ3) is 4.75. The fourth-order valence-corrected chi connectivity index (χ4v) is 4.54. The van der Waals surface area contributed by atoms with Gasteiger partial charge >= 0.3 is 0 Å². The molecule has 1 aliphatic heterocycles. The first-order valence-corrected chi connectivity index (χ1v) is 11.9. The van der Waals surface area contributed by atoms with Gasteiger partial charge in [-0.3, -0.25) is 9.69 Å². The van der Waals surface area contributed by atoms with Gasteiger partial charge in [0.05, 0.1) is 28.3 Å². The highest BCUT2D eigenvalue weighted by Crippen LogP contribution is 2.37. The number of ether oxygens (including phenoxy) is 1. The van der Waals surface area contributed by atoms with Gasteiger partial charge in [-0.25, -0.2) is 18.5 Å². The average molecular weight is 466 g/mol. The van der Waals surface area contributed by atoms with Crippen LogP contribution in [-0.2, 0) is 14.8 Å². The van der Waals surface area contributed by atoms with Crippen molar-refractivity contribution in [2.24, 2.45) is 10.1 Å². The minimum atomic E-state index is -3.79. The number of aliphatic imine (C=N–C) groups is 1. The Morgan fingerprint density at radius 2 is 1.62 bits per heavy atom. The first-order valence-electron chi connectivity index (χ1n) is 9.50. The van der Waals surface area contributed by atoms with Gasteiger partial charge in [-0.2, -0.15) is 0 Å². The Morgan fingerprint density at radius 3 is 2.22 bits per heavy atom. The molecule has 0 aliphatic carbocycles. The first-order chi connectivity index (χ1) is 15.3. The molecule has 0 unspecified atom stereocenters. The SMILES string of the molecule is COc1ccc(C=C2S/C(=N\c3ccc(S(N)(=O)=O)cc3)N(c3ccccc3)C2=O)cc1. The molecule has 3 aromatic carbocycles. The van der Waals surface area contributed by atoms with Gasteiger partial charge in [0.15, 0.2) is 5.17 Å². The van der Waals surface area contributed by atoms with E-state index in [4.69, 9.17) is 9.88 Å². The minimum Gasteiger partial charge on any atom is -0.497 e. The van der Waals surface area contributed by atoms with E-state index in [1.54, 1.807) is 25.3 Å². The van der Waals surface area contributed by atoms with Gasteiger partial charge in [0.25, 0.3) is 5.91 Å². The summed E-state index contributed by atoms with van der Waals surface area (Å²) in [4.78, 5) is 19.9. The van der Waals surface area contributed by atoms with Gasteiger partial charge < -0.3 is 4.74 Å². The van der Waals surface area contributed by atoms with Crippen LogP contribution in [0.4, 0.5) is 11.4 Å². The number of nitrogens with two attached hydrogens (primary N) is 1. The van der Waals surface area contributed by atoms with Crippen LogP contribution in [0.3, 0.4) is 0 Å². The number of benzene rings is 3. The summed E-state index contributed by atoms with van der Waals surface area (Å²) in [5.74, 6) is 0.533. The second-order valence-corrected chi connectivity index (χ2v) is 9.36. The van der Waals surface area contributed by atoms with Crippen LogP contribution >= 0.6 is 11.8 Å². The van der Waals surface area contributed by atoms with Crippen LogP contribution in [0.25, 0.3) is 6.08 Å². The monoisotopic (exact) mass is 465 g/mol. The van der Waals surface area contributed by atoms with Gasteiger partial charge in [0.2, 0.25) is 10.0 Å². The lowest BCUT2D eigenvalue weighted by molar-refractivity contribution is -0.113. The highest BCUT2D eigenvalue weighted by Gasteiger charge is 2.34. The van der Waals surface area contributed by atoms with Crippen molar-refractivity contribution in [1.29, 1.82) is 0 Å². The molecular weight excluding hydrogens is 446 g/mol. The largest absolute Gasteiger partial charge is 0.497 e. The molecular formula is C23H19N3O4S2. The van der Waals surface area contributed by atoms with Crippen molar-refractivity contribution in [2.75, 3.05) is 12.0 Å². The van der Waals surface area contributed by atoms with Gasteiger partial charge in [-0.15, -0.1) is 0 Å². The number of primary sulfonamides is 1. The predicted molar refractivity (Wildman–Crippen MR) is 127 cm³/mol. The molecule has 0 aromatic heterocycles. The first kappa shape index (κ1) is 21.8. The quantitative estimate of drug-likeness (QED) is 0.570. The molecule has 3 aromatic rings. The topological polar surface area (TPSA) is 102 Å². The van der Waals surface area contributed by atoms with Crippen LogP contribution in [0.1, 0.15) is 5.56 Å². The Balaban J connectivity index is 1.72. The summed E-state index contributed by atoms with van der Waals surface area (Å²) in [6.45, 7) is 0. The van der Waals surface area contributed by atoms with Gasteiger partial charge in [0.1, 0.15) is 5.75 Å². The third-order valence-electron chi connectivity index (χ3n) is 4.62. The number of amides is 1. The molecule has 1 aliphatic rings.